The minimum absolute atomic E-state index is 0.0284. The summed E-state index contributed by atoms with van der Waals surface area (Å²) < 4.78 is 55.4. The van der Waals surface area contributed by atoms with E-state index in [-0.39, 0.29) is 58.8 Å². The molecule has 0 fully saturated rings. The molecule has 1 N–H and O–H groups in total. The molecule has 0 saturated carbocycles. The second-order valence-corrected chi connectivity index (χ2v) is 11.3. The van der Waals surface area contributed by atoms with Crippen LogP contribution in [0.5, 0.6) is 11.6 Å². The first-order chi connectivity index (χ1) is 18.5. The highest BCUT2D eigenvalue weighted by atomic mass is 35.5. The monoisotopic (exact) mass is 574 g/mol. The number of hydrogen-bond acceptors (Lipinski definition) is 6. The number of halogens is 2. The summed E-state index contributed by atoms with van der Waals surface area (Å²) in [6.45, 7) is 5.26. The zero-order valence-electron chi connectivity index (χ0n) is 21.6. The number of anilines is 1. The van der Waals surface area contributed by atoms with E-state index in [1.54, 1.807) is 51.1 Å². The summed E-state index contributed by atoms with van der Waals surface area (Å²) in [5, 5.41) is 9.42. The normalized spacial score (nSPS) is 15.5. The SMILES string of the molecule is CCOc1ncc(C)cc1S(=O)(=O)N1C[C@H](CCC(=O)O)Oc2ccc(/C=C(\C)c3c(F)cccc3Cl)cc21. The fraction of sp³-hybridized carbons (Fsp3) is 0.286. The summed E-state index contributed by atoms with van der Waals surface area (Å²) >= 11 is 6.23. The number of carboxylic acids is 1. The van der Waals surface area contributed by atoms with Crippen LogP contribution in [0, 0.1) is 12.7 Å². The van der Waals surface area contributed by atoms with Crippen LogP contribution in [0.15, 0.2) is 53.6 Å². The van der Waals surface area contributed by atoms with Gasteiger partial charge in [0.15, 0.2) is 0 Å². The van der Waals surface area contributed by atoms with E-state index in [2.05, 4.69) is 4.98 Å². The Hall–Kier alpha value is -3.63. The standard InChI is InChI=1S/C28H28ClFN2O6S/c1-4-37-28-25(12-17(2)15-31-28)39(35,36)32-16-20(9-11-26(33)34)38-24-10-8-19(14-23(24)32)13-18(3)27-21(29)6-5-7-22(27)30/h5-8,10,12-15,20H,4,9,11,16H2,1-3H3,(H,33,34)/b18-13+/t20-/m0/s1. The molecule has 8 nitrogen and oxygen atoms in total. The summed E-state index contributed by atoms with van der Waals surface area (Å²) in [7, 11) is -4.22. The Labute approximate surface area is 231 Å². The fourth-order valence-corrected chi connectivity index (χ4v) is 6.34. The van der Waals surface area contributed by atoms with Crippen LogP contribution >= 0.6 is 11.6 Å². The second-order valence-electron chi connectivity index (χ2n) is 9.11. The van der Waals surface area contributed by atoms with Crippen molar-refractivity contribution in [3.8, 4) is 11.6 Å². The Morgan fingerprint density at radius 1 is 1.31 bits per heavy atom. The lowest BCUT2D eigenvalue weighted by atomic mass is 10.0. The Balaban J connectivity index is 1.82. The molecule has 0 bridgehead atoms. The number of ether oxygens (including phenoxy) is 2. The van der Waals surface area contributed by atoms with Gasteiger partial charge in [-0.1, -0.05) is 29.8 Å². The Morgan fingerprint density at radius 3 is 2.77 bits per heavy atom. The van der Waals surface area contributed by atoms with Crippen molar-refractivity contribution in [2.24, 2.45) is 0 Å². The summed E-state index contributed by atoms with van der Waals surface area (Å²) in [5.74, 6) is -1.24. The Bertz CT molecular complexity index is 1520. The van der Waals surface area contributed by atoms with E-state index >= 15 is 0 Å². The van der Waals surface area contributed by atoms with Crippen molar-refractivity contribution in [1.29, 1.82) is 0 Å². The van der Waals surface area contributed by atoms with Gasteiger partial charge in [-0.05, 0) is 74.2 Å². The van der Waals surface area contributed by atoms with E-state index in [0.29, 0.717) is 16.7 Å². The number of fused-ring (bicyclic) bond motifs is 1. The highest BCUT2D eigenvalue weighted by molar-refractivity contribution is 7.93. The van der Waals surface area contributed by atoms with Crippen molar-refractivity contribution in [3.63, 3.8) is 0 Å². The first-order valence-electron chi connectivity index (χ1n) is 12.3. The van der Waals surface area contributed by atoms with Crippen LogP contribution in [0.3, 0.4) is 0 Å². The molecule has 0 unspecified atom stereocenters. The maximum atomic E-state index is 14.5. The third-order valence-corrected chi connectivity index (χ3v) is 8.23. The van der Waals surface area contributed by atoms with E-state index in [1.807, 2.05) is 0 Å². The lowest BCUT2D eigenvalue weighted by Gasteiger charge is -2.35. The molecule has 11 heteroatoms. The molecule has 0 radical (unpaired) electrons. The number of aryl methyl sites for hydroxylation is 1. The number of carbonyl (C=O) groups is 1. The topological polar surface area (TPSA) is 106 Å². The molecule has 206 valence electrons. The Morgan fingerprint density at radius 2 is 2.08 bits per heavy atom. The molecular formula is C28H28ClFN2O6S. The molecule has 4 rings (SSSR count). The molecule has 0 spiro atoms. The van der Waals surface area contributed by atoms with Gasteiger partial charge < -0.3 is 14.6 Å². The van der Waals surface area contributed by atoms with Crippen LogP contribution < -0.4 is 13.8 Å². The lowest BCUT2D eigenvalue weighted by molar-refractivity contribution is -0.137. The molecule has 39 heavy (non-hydrogen) atoms. The summed E-state index contributed by atoms with van der Waals surface area (Å²) in [4.78, 5) is 15.3. The van der Waals surface area contributed by atoms with Crippen molar-refractivity contribution in [3.05, 3.63) is 76.2 Å². The van der Waals surface area contributed by atoms with E-state index in [1.165, 1.54) is 28.7 Å². The number of hydrogen-bond donors (Lipinski definition) is 1. The molecule has 0 amide bonds. The number of benzene rings is 2. The average molecular weight is 575 g/mol. The van der Waals surface area contributed by atoms with E-state index in [4.69, 9.17) is 26.2 Å². The Kier molecular flexibility index (Phi) is 8.46. The molecule has 0 saturated heterocycles. The number of aliphatic carboxylic acids is 1. The highest BCUT2D eigenvalue weighted by Crippen LogP contribution is 2.41. The lowest BCUT2D eigenvalue weighted by Crippen LogP contribution is -2.44. The summed E-state index contributed by atoms with van der Waals surface area (Å²) in [6.07, 6.45) is 2.45. The van der Waals surface area contributed by atoms with Gasteiger partial charge in [-0.2, -0.15) is 0 Å². The van der Waals surface area contributed by atoms with Crippen LogP contribution in [-0.4, -0.2) is 43.7 Å². The first kappa shape index (κ1) is 28.4. The molecule has 1 aliphatic heterocycles. The van der Waals surface area contributed by atoms with Gasteiger partial charge in [0.25, 0.3) is 10.0 Å². The molecule has 1 aromatic heterocycles. The average Bonchev–Trinajstić information content (AvgIpc) is 2.88. The van der Waals surface area contributed by atoms with Crippen LogP contribution in [0.2, 0.25) is 5.02 Å². The van der Waals surface area contributed by atoms with E-state index in [0.717, 1.165) is 0 Å². The first-order valence-corrected chi connectivity index (χ1v) is 14.1. The molecule has 1 atom stereocenters. The van der Waals surface area contributed by atoms with E-state index < -0.39 is 27.9 Å². The summed E-state index contributed by atoms with van der Waals surface area (Å²) in [6, 6.07) is 10.9. The minimum atomic E-state index is -4.22. The quantitative estimate of drug-likeness (QED) is 0.314. The van der Waals surface area contributed by atoms with Gasteiger partial charge in [-0.25, -0.2) is 17.8 Å². The van der Waals surface area contributed by atoms with Crippen LogP contribution in [0.4, 0.5) is 10.1 Å². The van der Waals surface area contributed by atoms with Crippen molar-refractivity contribution in [1.82, 2.24) is 4.98 Å². The zero-order valence-corrected chi connectivity index (χ0v) is 23.2. The van der Waals surface area contributed by atoms with Crippen molar-refractivity contribution >= 4 is 44.9 Å². The largest absolute Gasteiger partial charge is 0.486 e. The van der Waals surface area contributed by atoms with Crippen LogP contribution in [0.25, 0.3) is 11.6 Å². The highest BCUT2D eigenvalue weighted by Gasteiger charge is 2.37. The third kappa shape index (κ3) is 6.17. The summed E-state index contributed by atoms with van der Waals surface area (Å²) in [5.41, 5.74) is 2.27. The zero-order chi connectivity index (χ0) is 28.3. The van der Waals surface area contributed by atoms with Gasteiger partial charge in [0, 0.05) is 18.2 Å². The van der Waals surface area contributed by atoms with E-state index in [9.17, 15) is 17.6 Å². The molecule has 1 aliphatic rings. The molecular weight excluding hydrogens is 547 g/mol. The van der Waals surface area contributed by atoms with Crippen molar-refractivity contribution in [2.75, 3.05) is 17.5 Å². The van der Waals surface area contributed by atoms with Gasteiger partial charge in [-0.3, -0.25) is 9.10 Å². The van der Waals surface area contributed by atoms with Gasteiger partial charge in [0.2, 0.25) is 5.88 Å². The number of aromatic nitrogens is 1. The third-order valence-electron chi connectivity index (χ3n) is 6.14. The van der Waals surface area contributed by atoms with Crippen LogP contribution in [0.1, 0.15) is 43.4 Å². The van der Waals surface area contributed by atoms with Crippen molar-refractivity contribution in [2.45, 2.75) is 44.6 Å². The number of nitrogens with zero attached hydrogens (tertiary/aromatic N) is 2. The van der Waals surface area contributed by atoms with Gasteiger partial charge in [-0.15, -0.1) is 0 Å². The predicted octanol–water partition coefficient (Wildman–Crippen LogP) is 5.96. The van der Waals surface area contributed by atoms with Gasteiger partial charge in [0.1, 0.15) is 22.6 Å². The van der Waals surface area contributed by atoms with Crippen molar-refractivity contribution < 1.29 is 32.2 Å². The smallest absolute Gasteiger partial charge is 0.303 e. The predicted molar refractivity (Wildman–Crippen MR) is 147 cm³/mol. The number of pyridine rings is 1. The number of allylic oxidation sites excluding steroid dienone is 1. The van der Waals surface area contributed by atoms with Gasteiger partial charge >= 0.3 is 5.97 Å². The second kappa shape index (κ2) is 11.6. The molecule has 0 aliphatic carbocycles. The number of rotatable bonds is 9. The maximum absolute atomic E-state index is 14.5. The maximum Gasteiger partial charge on any atom is 0.303 e. The molecule has 2 aromatic carbocycles. The minimum Gasteiger partial charge on any atom is -0.486 e. The number of sulfonamides is 1. The van der Waals surface area contributed by atoms with Crippen LogP contribution in [-0.2, 0) is 14.8 Å². The molecule has 2 heterocycles. The van der Waals surface area contributed by atoms with Gasteiger partial charge in [0.05, 0.1) is 23.9 Å². The fourth-order valence-electron chi connectivity index (χ4n) is 4.36. The molecule has 3 aromatic rings. The number of carboxylic acid groups (broad SMARTS) is 1.